The predicted molar refractivity (Wildman–Crippen MR) is 123 cm³/mol. The Balaban J connectivity index is 1.63. The number of halogens is 1. The predicted octanol–water partition coefficient (Wildman–Crippen LogP) is 3.47. The SMILES string of the molecule is CN(C)c1ccc(/C=N\N=C2NC(=O)C[C@@H](C(=O)Nc3ccc(Br)cc3)S2)cc1. The minimum Gasteiger partial charge on any atom is -0.378 e. The second-order valence-corrected chi connectivity index (χ2v) is 8.60. The van der Waals surface area contributed by atoms with E-state index in [4.69, 9.17) is 0 Å². The van der Waals surface area contributed by atoms with Gasteiger partial charge in [0, 0.05) is 36.4 Å². The summed E-state index contributed by atoms with van der Waals surface area (Å²) in [6.45, 7) is 0. The minimum atomic E-state index is -0.569. The lowest BCUT2D eigenvalue weighted by molar-refractivity contribution is -0.123. The van der Waals surface area contributed by atoms with E-state index in [0.717, 1.165) is 15.7 Å². The second-order valence-electron chi connectivity index (χ2n) is 6.49. The number of rotatable bonds is 5. The van der Waals surface area contributed by atoms with E-state index < -0.39 is 5.25 Å². The first-order chi connectivity index (χ1) is 13.9. The molecule has 1 atom stereocenters. The van der Waals surface area contributed by atoms with Gasteiger partial charge in [0.05, 0.1) is 6.21 Å². The van der Waals surface area contributed by atoms with Crippen molar-refractivity contribution in [2.24, 2.45) is 10.2 Å². The van der Waals surface area contributed by atoms with Crippen molar-refractivity contribution in [1.82, 2.24) is 5.32 Å². The maximum absolute atomic E-state index is 12.5. The molecule has 1 aliphatic heterocycles. The van der Waals surface area contributed by atoms with Gasteiger partial charge < -0.3 is 15.5 Å². The first-order valence-corrected chi connectivity index (χ1v) is 10.5. The van der Waals surface area contributed by atoms with Gasteiger partial charge in [-0.15, -0.1) is 5.10 Å². The van der Waals surface area contributed by atoms with E-state index in [1.54, 1.807) is 18.3 Å². The van der Waals surface area contributed by atoms with Crippen molar-refractivity contribution in [2.45, 2.75) is 11.7 Å². The summed E-state index contributed by atoms with van der Waals surface area (Å²) in [4.78, 5) is 26.5. The molecule has 0 radical (unpaired) electrons. The highest BCUT2D eigenvalue weighted by Crippen LogP contribution is 2.23. The van der Waals surface area contributed by atoms with E-state index in [9.17, 15) is 9.59 Å². The molecule has 0 aromatic heterocycles. The Morgan fingerprint density at radius 2 is 1.90 bits per heavy atom. The van der Waals surface area contributed by atoms with Gasteiger partial charge in [0.2, 0.25) is 11.8 Å². The minimum absolute atomic E-state index is 0.0851. The molecule has 2 amide bonds. The van der Waals surface area contributed by atoms with E-state index >= 15 is 0 Å². The maximum Gasteiger partial charge on any atom is 0.238 e. The molecule has 2 aromatic carbocycles. The maximum atomic E-state index is 12.5. The molecule has 0 spiro atoms. The van der Waals surface area contributed by atoms with Crippen LogP contribution in [-0.4, -0.2) is 42.5 Å². The lowest BCUT2D eigenvalue weighted by Gasteiger charge is -2.21. The van der Waals surface area contributed by atoms with Gasteiger partial charge in [-0.2, -0.15) is 5.10 Å². The molecule has 0 saturated carbocycles. The number of anilines is 2. The standard InChI is InChI=1S/C20H20BrN5O2S/c1-26(2)16-9-3-13(4-10-16)12-22-25-20-24-18(27)11-17(29-20)19(28)23-15-7-5-14(21)6-8-15/h3-10,12,17H,11H2,1-2H3,(H,23,28)(H,24,25,27)/b22-12-/t17-/m0/s1. The highest BCUT2D eigenvalue weighted by Gasteiger charge is 2.30. The van der Waals surface area contributed by atoms with E-state index in [1.807, 2.05) is 55.4 Å². The highest BCUT2D eigenvalue weighted by molar-refractivity contribution is 9.10. The summed E-state index contributed by atoms with van der Waals surface area (Å²) in [7, 11) is 3.95. The van der Waals surface area contributed by atoms with Crippen LogP contribution in [0.15, 0.2) is 63.2 Å². The van der Waals surface area contributed by atoms with Crippen LogP contribution in [0.2, 0.25) is 0 Å². The third-order valence-electron chi connectivity index (χ3n) is 4.04. The summed E-state index contributed by atoms with van der Waals surface area (Å²) in [6.07, 6.45) is 1.69. The zero-order valence-corrected chi connectivity index (χ0v) is 18.3. The molecular weight excluding hydrogens is 454 g/mol. The van der Waals surface area contributed by atoms with Crippen molar-refractivity contribution in [3.8, 4) is 0 Å². The summed E-state index contributed by atoms with van der Waals surface area (Å²) >= 11 is 4.54. The van der Waals surface area contributed by atoms with Crippen LogP contribution >= 0.6 is 27.7 Å². The number of nitrogens with one attached hydrogen (secondary N) is 2. The van der Waals surface area contributed by atoms with Crippen LogP contribution in [0, 0.1) is 0 Å². The molecule has 0 aliphatic carbocycles. The fraction of sp³-hybridized carbons (Fsp3) is 0.200. The molecule has 150 valence electrons. The normalized spacial score (nSPS) is 18.0. The lowest BCUT2D eigenvalue weighted by Crippen LogP contribution is -2.41. The summed E-state index contributed by atoms with van der Waals surface area (Å²) < 4.78 is 0.922. The number of carbonyl (C=O) groups excluding carboxylic acids is 2. The lowest BCUT2D eigenvalue weighted by atomic mass is 10.2. The molecule has 1 aliphatic rings. The van der Waals surface area contributed by atoms with Gasteiger partial charge in [-0.25, -0.2) is 0 Å². The second kappa shape index (κ2) is 9.71. The Morgan fingerprint density at radius 3 is 2.55 bits per heavy atom. The Hall–Kier alpha value is -2.65. The molecule has 0 unspecified atom stereocenters. The van der Waals surface area contributed by atoms with Gasteiger partial charge in [-0.05, 0) is 42.0 Å². The number of amides is 2. The highest BCUT2D eigenvalue weighted by atomic mass is 79.9. The number of benzene rings is 2. The number of amidine groups is 1. The molecule has 1 fully saturated rings. The van der Waals surface area contributed by atoms with Gasteiger partial charge in [0.25, 0.3) is 0 Å². The molecule has 2 aromatic rings. The zero-order valence-electron chi connectivity index (χ0n) is 15.9. The van der Waals surface area contributed by atoms with Gasteiger partial charge in [0.1, 0.15) is 5.25 Å². The van der Waals surface area contributed by atoms with Crippen molar-refractivity contribution in [1.29, 1.82) is 0 Å². The summed E-state index contributed by atoms with van der Waals surface area (Å²) in [5.41, 5.74) is 2.64. The molecule has 1 heterocycles. The topological polar surface area (TPSA) is 86.2 Å². The van der Waals surface area contributed by atoms with Crippen LogP contribution in [-0.2, 0) is 9.59 Å². The van der Waals surface area contributed by atoms with Crippen LogP contribution < -0.4 is 15.5 Å². The van der Waals surface area contributed by atoms with E-state index in [-0.39, 0.29) is 18.2 Å². The molecule has 3 rings (SSSR count). The van der Waals surface area contributed by atoms with Gasteiger partial charge in [-0.3, -0.25) is 9.59 Å². The first kappa shape index (κ1) is 21.1. The van der Waals surface area contributed by atoms with Crippen molar-refractivity contribution < 1.29 is 9.59 Å². The summed E-state index contributed by atoms with van der Waals surface area (Å²) in [5, 5.41) is 13.3. The van der Waals surface area contributed by atoms with Crippen LogP contribution in [0.5, 0.6) is 0 Å². The molecular formula is C20H20BrN5O2S. The number of hydrogen-bond acceptors (Lipinski definition) is 6. The zero-order chi connectivity index (χ0) is 20.8. The Kier molecular flexibility index (Phi) is 7.05. The average molecular weight is 474 g/mol. The number of nitrogens with zero attached hydrogens (tertiary/aromatic N) is 3. The van der Waals surface area contributed by atoms with Crippen LogP contribution in [0.25, 0.3) is 0 Å². The smallest absolute Gasteiger partial charge is 0.238 e. The van der Waals surface area contributed by atoms with Crippen LogP contribution in [0.4, 0.5) is 11.4 Å². The Labute approximate surface area is 181 Å². The number of carbonyl (C=O) groups is 2. The Bertz CT molecular complexity index is 942. The van der Waals surface area contributed by atoms with Crippen LogP contribution in [0.1, 0.15) is 12.0 Å². The van der Waals surface area contributed by atoms with E-state index in [0.29, 0.717) is 10.9 Å². The Morgan fingerprint density at radius 1 is 1.21 bits per heavy atom. The fourth-order valence-corrected chi connectivity index (χ4v) is 3.70. The number of hydrogen-bond donors (Lipinski definition) is 2. The quantitative estimate of drug-likeness (QED) is 0.514. The average Bonchev–Trinajstić information content (AvgIpc) is 2.69. The van der Waals surface area contributed by atoms with Crippen molar-refractivity contribution in [2.75, 3.05) is 24.3 Å². The molecule has 29 heavy (non-hydrogen) atoms. The third kappa shape index (κ3) is 6.16. The van der Waals surface area contributed by atoms with Crippen molar-refractivity contribution in [3.05, 3.63) is 58.6 Å². The molecule has 9 heteroatoms. The summed E-state index contributed by atoms with van der Waals surface area (Å²) in [6, 6.07) is 15.1. The molecule has 0 bridgehead atoms. The van der Waals surface area contributed by atoms with E-state index in [2.05, 4.69) is 36.8 Å². The van der Waals surface area contributed by atoms with Gasteiger partial charge in [0.15, 0.2) is 5.17 Å². The largest absolute Gasteiger partial charge is 0.378 e. The van der Waals surface area contributed by atoms with Gasteiger partial charge >= 0.3 is 0 Å². The van der Waals surface area contributed by atoms with Crippen molar-refractivity contribution >= 4 is 62.3 Å². The van der Waals surface area contributed by atoms with Crippen molar-refractivity contribution in [3.63, 3.8) is 0 Å². The fourth-order valence-electron chi connectivity index (χ4n) is 2.50. The molecule has 7 nitrogen and oxygen atoms in total. The van der Waals surface area contributed by atoms with Crippen LogP contribution in [0.3, 0.4) is 0 Å². The van der Waals surface area contributed by atoms with Gasteiger partial charge in [-0.1, -0.05) is 39.8 Å². The monoisotopic (exact) mass is 473 g/mol. The molecule has 1 saturated heterocycles. The first-order valence-electron chi connectivity index (χ1n) is 8.82. The third-order valence-corrected chi connectivity index (χ3v) is 5.64. The number of thioether (sulfide) groups is 1. The molecule has 2 N–H and O–H groups in total. The summed E-state index contributed by atoms with van der Waals surface area (Å²) in [5.74, 6) is -0.507. The van der Waals surface area contributed by atoms with E-state index in [1.165, 1.54) is 11.8 Å².